The van der Waals surface area contributed by atoms with Crippen LogP contribution < -0.4 is 5.32 Å². The first-order valence-corrected chi connectivity index (χ1v) is 8.66. The highest BCUT2D eigenvalue weighted by molar-refractivity contribution is 5.90. The third-order valence-electron chi connectivity index (χ3n) is 4.73. The molecule has 5 heteroatoms. The topological polar surface area (TPSA) is 37.3 Å². The van der Waals surface area contributed by atoms with Gasteiger partial charge >= 0.3 is 6.03 Å². The lowest BCUT2D eigenvalue weighted by Gasteiger charge is -2.37. The lowest BCUT2D eigenvalue weighted by atomic mass is 10.00. The van der Waals surface area contributed by atoms with Crippen LogP contribution in [-0.2, 0) is 6.54 Å². The number of hydrogen-bond donors (Lipinski definition) is 1. The van der Waals surface area contributed by atoms with Crippen molar-refractivity contribution in [2.24, 2.45) is 0 Å². The Morgan fingerprint density at radius 2 is 1.92 bits per heavy atom. The highest BCUT2D eigenvalue weighted by atomic mass is 19.1. The van der Waals surface area contributed by atoms with Gasteiger partial charge in [0.25, 0.3) is 0 Å². The molecule has 26 heavy (non-hydrogen) atoms. The van der Waals surface area contributed by atoms with Crippen molar-refractivity contribution in [3.63, 3.8) is 0 Å². The molecule has 1 atom stereocenters. The van der Waals surface area contributed by atoms with E-state index in [1.54, 1.807) is 11.0 Å². The van der Waals surface area contributed by atoms with Crippen LogP contribution in [0.4, 0.5) is 14.9 Å². The predicted octanol–water partition coefficient (Wildman–Crippen LogP) is 4.57. The molecular weight excluding hydrogens is 329 g/mol. The Morgan fingerprint density at radius 3 is 2.73 bits per heavy atom. The molecule has 1 aliphatic rings. The fraction of sp³-hybridized carbons (Fsp3) is 0.190. The van der Waals surface area contributed by atoms with Crippen LogP contribution in [0.5, 0.6) is 0 Å². The van der Waals surface area contributed by atoms with Gasteiger partial charge in [0.05, 0.1) is 6.04 Å². The molecule has 132 valence electrons. The average molecular weight is 349 g/mol. The second kappa shape index (κ2) is 6.67. The number of fused-ring (bicyclic) bond motifs is 1. The summed E-state index contributed by atoms with van der Waals surface area (Å²) in [7, 11) is 0. The molecule has 0 radical (unpaired) electrons. The van der Waals surface area contributed by atoms with E-state index in [9.17, 15) is 9.18 Å². The predicted molar refractivity (Wildman–Crippen MR) is 99.6 cm³/mol. The largest absolute Gasteiger partial charge is 0.348 e. The second-order valence-corrected chi connectivity index (χ2v) is 6.58. The van der Waals surface area contributed by atoms with Gasteiger partial charge in [0, 0.05) is 30.7 Å². The van der Waals surface area contributed by atoms with Gasteiger partial charge in [-0.2, -0.15) is 0 Å². The van der Waals surface area contributed by atoms with Crippen LogP contribution in [0.25, 0.3) is 0 Å². The number of halogens is 1. The van der Waals surface area contributed by atoms with Gasteiger partial charge in [0.2, 0.25) is 0 Å². The molecule has 1 N–H and O–H groups in total. The molecule has 0 saturated heterocycles. The molecular formula is C21H20FN3O. The molecule has 0 saturated carbocycles. The van der Waals surface area contributed by atoms with Crippen molar-refractivity contribution in [1.82, 2.24) is 9.47 Å². The van der Waals surface area contributed by atoms with Crippen molar-refractivity contribution >= 4 is 11.7 Å². The molecule has 0 spiro atoms. The van der Waals surface area contributed by atoms with Gasteiger partial charge < -0.3 is 14.8 Å². The zero-order valence-corrected chi connectivity index (χ0v) is 14.5. The molecule has 0 aliphatic carbocycles. The van der Waals surface area contributed by atoms with Crippen molar-refractivity contribution in [2.75, 3.05) is 11.9 Å². The molecule has 4 nitrogen and oxygen atoms in total. The number of rotatable bonds is 2. The van der Waals surface area contributed by atoms with Crippen LogP contribution in [0.2, 0.25) is 0 Å². The maximum absolute atomic E-state index is 13.8. The molecule has 1 aromatic heterocycles. The Hall–Kier alpha value is -3.08. The van der Waals surface area contributed by atoms with Crippen molar-refractivity contribution in [2.45, 2.75) is 19.5 Å². The first-order chi connectivity index (χ1) is 12.6. The van der Waals surface area contributed by atoms with Gasteiger partial charge in [-0.3, -0.25) is 0 Å². The molecule has 3 aromatic rings. The van der Waals surface area contributed by atoms with Crippen LogP contribution in [0.1, 0.15) is 22.9 Å². The summed E-state index contributed by atoms with van der Waals surface area (Å²) in [6.45, 7) is 3.26. The van der Waals surface area contributed by atoms with E-state index in [2.05, 4.69) is 9.88 Å². The van der Waals surface area contributed by atoms with E-state index in [1.165, 1.54) is 12.1 Å². The smallest absolute Gasteiger partial charge is 0.322 e. The molecule has 0 fully saturated rings. The van der Waals surface area contributed by atoms with E-state index < -0.39 is 0 Å². The van der Waals surface area contributed by atoms with Crippen LogP contribution in [0.15, 0.2) is 66.9 Å². The quantitative estimate of drug-likeness (QED) is 0.723. The summed E-state index contributed by atoms with van der Waals surface area (Å²) in [5, 5.41) is 2.97. The first kappa shape index (κ1) is 16.4. The van der Waals surface area contributed by atoms with E-state index in [4.69, 9.17) is 0 Å². The number of hydrogen-bond acceptors (Lipinski definition) is 1. The Kier molecular flexibility index (Phi) is 4.21. The van der Waals surface area contributed by atoms with Gasteiger partial charge in [0.1, 0.15) is 5.82 Å². The summed E-state index contributed by atoms with van der Waals surface area (Å²) in [6.07, 6.45) is 2.00. The maximum Gasteiger partial charge on any atom is 0.322 e. The number of nitrogens with zero attached hydrogens (tertiary/aromatic N) is 2. The summed E-state index contributed by atoms with van der Waals surface area (Å²) in [6, 6.07) is 17.6. The zero-order chi connectivity index (χ0) is 18.1. The normalized spacial score (nSPS) is 16.2. The number of anilines is 1. The molecule has 2 aromatic carbocycles. The second-order valence-electron chi connectivity index (χ2n) is 6.58. The van der Waals surface area contributed by atoms with Gasteiger partial charge in [-0.15, -0.1) is 0 Å². The van der Waals surface area contributed by atoms with Crippen molar-refractivity contribution in [3.8, 4) is 0 Å². The van der Waals surface area contributed by atoms with E-state index in [-0.39, 0.29) is 17.9 Å². The molecule has 2 amide bonds. The minimum Gasteiger partial charge on any atom is -0.348 e. The Morgan fingerprint density at radius 1 is 1.08 bits per heavy atom. The van der Waals surface area contributed by atoms with Crippen LogP contribution >= 0.6 is 0 Å². The minimum atomic E-state index is -0.320. The lowest BCUT2D eigenvalue weighted by molar-refractivity contribution is 0.181. The number of benzene rings is 2. The Labute approximate surface area is 151 Å². The van der Waals surface area contributed by atoms with Crippen molar-refractivity contribution in [1.29, 1.82) is 0 Å². The third-order valence-corrected chi connectivity index (χ3v) is 4.73. The summed E-state index contributed by atoms with van der Waals surface area (Å²) in [5.74, 6) is -0.301. The van der Waals surface area contributed by atoms with Crippen molar-refractivity contribution in [3.05, 3.63) is 89.5 Å². The fourth-order valence-corrected chi connectivity index (χ4v) is 3.55. The molecule has 1 aliphatic heterocycles. The maximum atomic E-state index is 13.8. The summed E-state index contributed by atoms with van der Waals surface area (Å²) in [5.41, 5.74) is 3.59. The standard InChI is InChI=1S/C21H20FN3O/c1-15-5-2-8-18(13-15)23-21(26)25-12-11-24-10-4-9-19(24)20(25)16-6-3-7-17(22)14-16/h2-10,13-14,20H,11-12H2,1H3,(H,23,26)/t20-/m1/s1. The number of nitrogens with one attached hydrogen (secondary N) is 1. The molecule has 0 bridgehead atoms. The van der Waals surface area contributed by atoms with Gasteiger partial charge in [-0.1, -0.05) is 24.3 Å². The highest BCUT2D eigenvalue weighted by Crippen LogP contribution is 2.33. The summed E-state index contributed by atoms with van der Waals surface area (Å²) >= 11 is 0. The van der Waals surface area contributed by atoms with Gasteiger partial charge in [-0.25, -0.2) is 9.18 Å². The van der Waals surface area contributed by atoms with Crippen LogP contribution in [-0.4, -0.2) is 22.0 Å². The molecule has 4 rings (SSSR count). The number of aromatic nitrogens is 1. The number of amides is 2. The number of urea groups is 1. The molecule has 0 unspecified atom stereocenters. The third kappa shape index (κ3) is 3.08. The number of carbonyl (C=O) groups excluding carboxylic acids is 1. The number of aryl methyl sites for hydroxylation is 1. The average Bonchev–Trinajstić information content (AvgIpc) is 3.09. The SMILES string of the molecule is Cc1cccc(NC(=O)N2CCn3cccc3[C@H]2c2cccc(F)c2)c1. The van der Waals surface area contributed by atoms with E-state index >= 15 is 0 Å². The van der Waals surface area contributed by atoms with Crippen LogP contribution in [0.3, 0.4) is 0 Å². The highest BCUT2D eigenvalue weighted by Gasteiger charge is 2.32. The van der Waals surface area contributed by atoms with Gasteiger partial charge in [0.15, 0.2) is 0 Å². The minimum absolute atomic E-state index is 0.183. The Bertz CT molecular complexity index is 950. The van der Waals surface area contributed by atoms with E-state index in [0.29, 0.717) is 6.54 Å². The van der Waals surface area contributed by atoms with Crippen LogP contribution in [0, 0.1) is 12.7 Å². The fourth-order valence-electron chi connectivity index (χ4n) is 3.55. The summed E-state index contributed by atoms with van der Waals surface area (Å²) in [4.78, 5) is 14.8. The summed E-state index contributed by atoms with van der Waals surface area (Å²) < 4.78 is 15.9. The molecule has 2 heterocycles. The van der Waals surface area contributed by atoms with Crippen molar-refractivity contribution < 1.29 is 9.18 Å². The zero-order valence-electron chi connectivity index (χ0n) is 14.5. The van der Waals surface area contributed by atoms with E-state index in [1.807, 2.05) is 55.6 Å². The number of carbonyl (C=O) groups is 1. The Balaban J connectivity index is 1.68. The lowest BCUT2D eigenvalue weighted by Crippen LogP contribution is -2.44. The monoisotopic (exact) mass is 349 g/mol. The first-order valence-electron chi connectivity index (χ1n) is 8.66. The van der Waals surface area contributed by atoms with Gasteiger partial charge in [-0.05, 0) is 54.4 Å². The van der Waals surface area contributed by atoms with E-state index in [0.717, 1.165) is 29.1 Å².